The Bertz CT molecular complexity index is 589. The second-order valence-corrected chi connectivity index (χ2v) is 5.98. The van der Waals surface area contributed by atoms with Gasteiger partial charge in [-0.3, -0.25) is 4.99 Å². The van der Waals surface area contributed by atoms with E-state index in [0.29, 0.717) is 0 Å². The molecule has 2 heterocycles. The largest absolute Gasteiger partial charge is 0.260 e. The topological polar surface area (TPSA) is 36.1 Å². The first-order valence-electron chi connectivity index (χ1n) is 5.75. The van der Waals surface area contributed by atoms with Crippen LogP contribution in [-0.4, -0.2) is 17.2 Å². The third kappa shape index (κ3) is 1.68. The number of hydrogen-bond donors (Lipinski definition) is 0. The maximum atomic E-state index is 8.81. The molecule has 1 fully saturated rings. The van der Waals surface area contributed by atoms with Crippen LogP contribution >= 0.6 is 23.4 Å². The standard InChI is InChI=1S/C14H11ClN2S/c15-12-4-6-17-13-2-1-10(3-5-16)7-14(13)9-18-8-11(12)14/h1-4,6H,7-9H2. The summed E-state index contributed by atoms with van der Waals surface area (Å²) >= 11 is 8.25. The minimum atomic E-state index is -0.0946. The molecule has 1 unspecified atom stereocenters. The summed E-state index contributed by atoms with van der Waals surface area (Å²) in [5.74, 6) is 1.95. The van der Waals surface area contributed by atoms with Crippen LogP contribution in [0.4, 0.5) is 0 Å². The van der Waals surface area contributed by atoms with Gasteiger partial charge in [0, 0.05) is 34.2 Å². The smallest absolute Gasteiger partial charge is 0.0914 e. The summed E-state index contributed by atoms with van der Waals surface area (Å²) in [5, 5.41) is 9.62. The van der Waals surface area contributed by atoms with Gasteiger partial charge in [0.25, 0.3) is 0 Å². The molecule has 1 saturated heterocycles. The summed E-state index contributed by atoms with van der Waals surface area (Å²) < 4.78 is 0. The van der Waals surface area contributed by atoms with Gasteiger partial charge < -0.3 is 0 Å². The molecular formula is C14H11ClN2S. The highest BCUT2D eigenvalue weighted by molar-refractivity contribution is 7.99. The number of rotatable bonds is 0. The van der Waals surface area contributed by atoms with Crippen molar-refractivity contribution in [2.45, 2.75) is 6.42 Å². The quantitative estimate of drug-likeness (QED) is 0.633. The number of nitrogens with zero attached hydrogens (tertiary/aromatic N) is 2. The minimum absolute atomic E-state index is 0.0946. The maximum absolute atomic E-state index is 8.81. The lowest BCUT2D eigenvalue weighted by molar-refractivity contribution is 0.579. The number of allylic oxidation sites excluding steroid dienone is 6. The molecule has 1 spiro atoms. The van der Waals surface area contributed by atoms with Gasteiger partial charge >= 0.3 is 0 Å². The first-order valence-corrected chi connectivity index (χ1v) is 7.28. The molecule has 0 aromatic carbocycles. The SMILES string of the molecule is N#CC=C1C=CC2=NC=CC(Cl)=C3CSCC23C1. The molecule has 0 aromatic heterocycles. The lowest BCUT2D eigenvalue weighted by atomic mass is 9.70. The summed E-state index contributed by atoms with van der Waals surface area (Å²) in [4.78, 5) is 4.52. The van der Waals surface area contributed by atoms with Gasteiger partial charge in [-0.25, -0.2) is 0 Å². The van der Waals surface area contributed by atoms with Crippen LogP contribution in [0.2, 0.25) is 0 Å². The van der Waals surface area contributed by atoms with Gasteiger partial charge in [-0.2, -0.15) is 17.0 Å². The molecule has 18 heavy (non-hydrogen) atoms. The fourth-order valence-electron chi connectivity index (χ4n) is 2.71. The molecule has 2 aliphatic heterocycles. The molecule has 2 nitrogen and oxygen atoms in total. The van der Waals surface area contributed by atoms with Crippen molar-refractivity contribution in [3.05, 3.63) is 46.7 Å². The first-order chi connectivity index (χ1) is 8.76. The average molecular weight is 275 g/mol. The fourth-order valence-corrected chi connectivity index (χ4v) is 4.61. The van der Waals surface area contributed by atoms with E-state index in [9.17, 15) is 0 Å². The summed E-state index contributed by atoms with van der Waals surface area (Å²) in [7, 11) is 0. The third-order valence-corrected chi connectivity index (χ3v) is 5.14. The van der Waals surface area contributed by atoms with Crippen molar-refractivity contribution in [3.63, 3.8) is 0 Å². The molecule has 4 heteroatoms. The fraction of sp³-hybridized carbons (Fsp3) is 0.286. The summed E-state index contributed by atoms with van der Waals surface area (Å²) in [6.07, 6.45) is 10.1. The number of hydrogen-bond acceptors (Lipinski definition) is 3. The Kier molecular flexibility index (Phi) is 2.93. The minimum Gasteiger partial charge on any atom is -0.260 e. The molecule has 0 bridgehead atoms. The highest BCUT2D eigenvalue weighted by Crippen LogP contribution is 2.51. The van der Waals surface area contributed by atoms with Gasteiger partial charge in [-0.05, 0) is 29.7 Å². The summed E-state index contributed by atoms with van der Waals surface area (Å²) in [5.41, 5.74) is 3.30. The molecule has 1 atom stereocenters. The van der Waals surface area contributed by atoms with Crippen molar-refractivity contribution in [2.24, 2.45) is 10.4 Å². The Morgan fingerprint density at radius 1 is 1.44 bits per heavy atom. The highest BCUT2D eigenvalue weighted by Gasteiger charge is 2.45. The van der Waals surface area contributed by atoms with E-state index in [1.807, 2.05) is 30.0 Å². The molecule has 0 saturated carbocycles. The molecule has 3 rings (SSSR count). The van der Waals surface area contributed by atoms with Crippen LogP contribution in [0.5, 0.6) is 0 Å². The average Bonchev–Trinajstić information content (AvgIpc) is 2.71. The Morgan fingerprint density at radius 2 is 2.33 bits per heavy atom. The monoisotopic (exact) mass is 274 g/mol. The van der Waals surface area contributed by atoms with E-state index in [0.717, 1.165) is 34.2 Å². The molecule has 0 amide bonds. The third-order valence-electron chi connectivity index (χ3n) is 3.60. The lowest BCUT2D eigenvalue weighted by Crippen LogP contribution is -2.34. The normalized spacial score (nSPS) is 31.8. The summed E-state index contributed by atoms with van der Waals surface area (Å²) in [6, 6.07) is 2.11. The zero-order chi connectivity index (χ0) is 12.6. The molecule has 3 aliphatic rings. The van der Waals surface area contributed by atoms with Crippen LogP contribution in [0.1, 0.15) is 6.42 Å². The van der Waals surface area contributed by atoms with Crippen LogP contribution in [0.15, 0.2) is 51.7 Å². The van der Waals surface area contributed by atoms with Gasteiger partial charge in [-0.15, -0.1) is 0 Å². The zero-order valence-corrected chi connectivity index (χ0v) is 11.3. The van der Waals surface area contributed by atoms with Crippen LogP contribution in [0.25, 0.3) is 0 Å². The van der Waals surface area contributed by atoms with E-state index in [1.165, 1.54) is 5.57 Å². The predicted molar refractivity (Wildman–Crippen MR) is 76.7 cm³/mol. The van der Waals surface area contributed by atoms with Crippen LogP contribution in [0, 0.1) is 16.7 Å². The van der Waals surface area contributed by atoms with Gasteiger partial charge in [-0.1, -0.05) is 17.7 Å². The van der Waals surface area contributed by atoms with Crippen molar-refractivity contribution in [1.82, 2.24) is 0 Å². The summed E-state index contributed by atoms with van der Waals surface area (Å²) in [6.45, 7) is 0. The number of thioether (sulfide) groups is 1. The Balaban J connectivity index is 2.17. The van der Waals surface area contributed by atoms with E-state index in [-0.39, 0.29) is 5.41 Å². The molecular weight excluding hydrogens is 264 g/mol. The van der Waals surface area contributed by atoms with Gasteiger partial charge in [0.15, 0.2) is 0 Å². The van der Waals surface area contributed by atoms with Crippen LogP contribution in [-0.2, 0) is 0 Å². The van der Waals surface area contributed by atoms with E-state index >= 15 is 0 Å². The van der Waals surface area contributed by atoms with Crippen molar-refractivity contribution in [1.29, 1.82) is 5.26 Å². The van der Waals surface area contributed by atoms with Crippen LogP contribution < -0.4 is 0 Å². The number of halogens is 1. The first kappa shape index (κ1) is 11.8. The van der Waals surface area contributed by atoms with E-state index < -0.39 is 0 Å². The maximum Gasteiger partial charge on any atom is 0.0914 e. The van der Waals surface area contributed by atoms with Gasteiger partial charge in [0.05, 0.1) is 11.8 Å². The highest BCUT2D eigenvalue weighted by atomic mass is 35.5. The van der Waals surface area contributed by atoms with Gasteiger partial charge in [0.1, 0.15) is 0 Å². The second kappa shape index (κ2) is 4.46. The predicted octanol–water partition coefficient (Wildman–Crippen LogP) is 3.59. The molecule has 0 radical (unpaired) electrons. The number of nitriles is 1. The van der Waals surface area contributed by atoms with Crippen molar-refractivity contribution < 1.29 is 0 Å². The Hall–Kier alpha value is -1.24. The Morgan fingerprint density at radius 3 is 3.17 bits per heavy atom. The molecule has 0 N–H and O–H groups in total. The van der Waals surface area contributed by atoms with E-state index in [1.54, 1.807) is 12.3 Å². The molecule has 1 aliphatic carbocycles. The van der Waals surface area contributed by atoms with Crippen LogP contribution in [0.3, 0.4) is 0 Å². The van der Waals surface area contributed by atoms with Crippen molar-refractivity contribution >= 4 is 29.1 Å². The second-order valence-electron chi connectivity index (χ2n) is 4.59. The van der Waals surface area contributed by atoms with Crippen molar-refractivity contribution in [2.75, 3.05) is 11.5 Å². The van der Waals surface area contributed by atoms with E-state index in [4.69, 9.17) is 16.9 Å². The molecule has 0 aromatic rings. The Labute approximate surface area is 115 Å². The molecule has 90 valence electrons. The van der Waals surface area contributed by atoms with Gasteiger partial charge in [0.2, 0.25) is 0 Å². The lowest BCUT2D eigenvalue weighted by Gasteiger charge is -2.33. The zero-order valence-electron chi connectivity index (χ0n) is 9.69. The number of aliphatic imine (C=N–C) groups is 1. The van der Waals surface area contributed by atoms with E-state index in [2.05, 4.69) is 11.1 Å². The van der Waals surface area contributed by atoms with Crippen molar-refractivity contribution in [3.8, 4) is 6.07 Å².